The number of aromatic amines is 2. The normalized spacial score (nSPS) is 16.2. The van der Waals surface area contributed by atoms with Crippen LogP contribution in [0.25, 0.3) is 27.1 Å². The molecule has 5 rings (SSSR count). The molecule has 0 radical (unpaired) electrons. The predicted octanol–water partition coefficient (Wildman–Crippen LogP) is 5.25. The zero-order valence-electron chi connectivity index (χ0n) is 17.1. The smallest absolute Gasteiger partial charge is 0.267 e. The van der Waals surface area contributed by atoms with Crippen LogP contribution in [0.1, 0.15) is 25.0 Å². The van der Waals surface area contributed by atoms with Crippen LogP contribution in [-0.4, -0.2) is 26.6 Å². The molecule has 2 N–H and O–H groups in total. The van der Waals surface area contributed by atoms with Crippen molar-refractivity contribution in [2.24, 2.45) is 5.92 Å². The van der Waals surface area contributed by atoms with E-state index in [9.17, 15) is 22.8 Å². The summed E-state index contributed by atoms with van der Waals surface area (Å²) in [7, 11) is 0. The maximum Gasteiger partial charge on any atom is 0.392 e. The van der Waals surface area contributed by atoms with E-state index in [1.165, 1.54) is 0 Å². The molecular formula is C23H18ClF3N4O2. The van der Waals surface area contributed by atoms with E-state index in [0.29, 0.717) is 38.8 Å². The second kappa shape index (κ2) is 9.19. The number of halogens is 4. The number of hydrogen-bond donors (Lipinski definition) is 2. The molecule has 4 aromatic rings. The van der Waals surface area contributed by atoms with Crippen LogP contribution in [0.4, 0.5) is 13.2 Å². The Morgan fingerprint density at radius 3 is 1.94 bits per heavy atom. The molecule has 2 aromatic carbocycles. The Hall–Kier alpha value is -3.46. The first kappa shape index (κ1) is 22.7. The Morgan fingerprint density at radius 2 is 1.39 bits per heavy atom. The SMILES string of the molecule is O=c1[nH]nc(C2=CCC(C(F)(F)F)CC2)c2ccccc12.O=c1[nH]nc(Cl)c2ccccc12. The molecule has 1 atom stereocenters. The molecule has 33 heavy (non-hydrogen) atoms. The summed E-state index contributed by atoms with van der Waals surface area (Å²) in [6.45, 7) is 0. The zero-order valence-corrected chi connectivity index (χ0v) is 17.9. The van der Waals surface area contributed by atoms with E-state index in [4.69, 9.17) is 11.6 Å². The molecule has 6 nitrogen and oxygen atoms in total. The molecule has 0 saturated heterocycles. The highest BCUT2D eigenvalue weighted by atomic mass is 35.5. The van der Waals surface area contributed by atoms with Crippen molar-refractivity contribution in [3.05, 3.63) is 86.2 Å². The minimum Gasteiger partial charge on any atom is -0.267 e. The lowest BCUT2D eigenvalue weighted by atomic mass is 9.87. The van der Waals surface area contributed by atoms with Gasteiger partial charge in [-0.15, -0.1) is 0 Å². The highest BCUT2D eigenvalue weighted by molar-refractivity contribution is 6.34. The first-order valence-corrected chi connectivity index (χ1v) is 10.5. The summed E-state index contributed by atoms with van der Waals surface area (Å²) < 4.78 is 38.1. The van der Waals surface area contributed by atoms with Crippen LogP contribution in [0.15, 0.2) is 64.2 Å². The second-order valence-corrected chi connectivity index (χ2v) is 7.94. The van der Waals surface area contributed by atoms with Crippen LogP contribution in [0, 0.1) is 5.92 Å². The van der Waals surface area contributed by atoms with E-state index in [-0.39, 0.29) is 24.0 Å². The fourth-order valence-electron chi connectivity index (χ4n) is 3.79. The van der Waals surface area contributed by atoms with Gasteiger partial charge in [-0.1, -0.05) is 54.1 Å². The third-order valence-electron chi connectivity index (χ3n) is 5.52. The lowest BCUT2D eigenvalue weighted by molar-refractivity contribution is -0.175. The predicted molar refractivity (Wildman–Crippen MR) is 121 cm³/mol. The molecule has 1 unspecified atom stereocenters. The summed E-state index contributed by atoms with van der Waals surface area (Å²) in [6.07, 6.45) is -2.22. The Kier molecular flexibility index (Phi) is 6.33. The van der Waals surface area contributed by atoms with Gasteiger partial charge in [-0.2, -0.15) is 23.4 Å². The topological polar surface area (TPSA) is 91.5 Å². The molecule has 170 valence electrons. The van der Waals surface area contributed by atoms with Crippen molar-refractivity contribution < 1.29 is 13.2 Å². The minimum atomic E-state index is -4.15. The number of nitrogens with zero attached hydrogens (tertiary/aromatic N) is 2. The van der Waals surface area contributed by atoms with Crippen LogP contribution in [0.2, 0.25) is 5.15 Å². The quantitative estimate of drug-likeness (QED) is 0.394. The van der Waals surface area contributed by atoms with Gasteiger partial charge in [-0.3, -0.25) is 9.59 Å². The first-order valence-electron chi connectivity index (χ1n) is 10.1. The summed E-state index contributed by atoms with van der Waals surface area (Å²) in [6, 6.07) is 14.1. The number of allylic oxidation sites excluding steroid dienone is 2. The van der Waals surface area contributed by atoms with Gasteiger partial charge < -0.3 is 0 Å². The third-order valence-corrected chi connectivity index (χ3v) is 5.81. The van der Waals surface area contributed by atoms with Gasteiger partial charge in [0.2, 0.25) is 0 Å². The summed E-state index contributed by atoms with van der Waals surface area (Å²) in [5.41, 5.74) is 0.836. The zero-order chi connectivity index (χ0) is 23.6. The maximum absolute atomic E-state index is 12.7. The van der Waals surface area contributed by atoms with Crippen molar-refractivity contribution >= 4 is 38.7 Å². The molecule has 0 saturated carbocycles. The molecule has 10 heteroatoms. The number of H-pyrrole nitrogens is 2. The largest absolute Gasteiger partial charge is 0.392 e. The van der Waals surface area contributed by atoms with Gasteiger partial charge in [-0.05, 0) is 37.0 Å². The summed E-state index contributed by atoms with van der Waals surface area (Å²) in [5, 5.41) is 15.1. The van der Waals surface area contributed by atoms with E-state index in [0.717, 1.165) is 5.57 Å². The van der Waals surface area contributed by atoms with Crippen LogP contribution >= 0.6 is 11.6 Å². The molecule has 0 bridgehead atoms. The number of rotatable bonds is 1. The van der Waals surface area contributed by atoms with E-state index in [2.05, 4.69) is 20.4 Å². The van der Waals surface area contributed by atoms with Crippen molar-refractivity contribution in [1.29, 1.82) is 0 Å². The Morgan fingerprint density at radius 1 is 0.848 bits per heavy atom. The van der Waals surface area contributed by atoms with Crippen LogP contribution in [0.3, 0.4) is 0 Å². The van der Waals surface area contributed by atoms with Crippen LogP contribution in [0.5, 0.6) is 0 Å². The molecule has 0 amide bonds. The van der Waals surface area contributed by atoms with Crippen molar-refractivity contribution in [2.75, 3.05) is 0 Å². The molecule has 2 aromatic heterocycles. The van der Waals surface area contributed by atoms with E-state index in [1.54, 1.807) is 48.5 Å². The van der Waals surface area contributed by atoms with E-state index >= 15 is 0 Å². The fraction of sp³-hybridized carbons (Fsp3) is 0.217. The molecule has 0 spiro atoms. The third kappa shape index (κ3) is 4.83. The van der Waals surface area contributed by atoms with Gasteiger partial charge in [0, 0.05) is 10.8 Å². The number of aromatic nitrogens is 4. The highest BCUT2D eigenvalue weighted by Crippen LogP contribution is 2.39. The van der Waals surface area contributed by atoms with E-state index in [1.807, 2.05) is 6.07 Å². The first-order chi connectivity index (χ1) is 15.8. The number of hydrogen-bond acceptors (Lipinski definition) is 4. The fourth-order valence-corrected chi connectivity index (χ4v) is 3.99. The van der Waals surface area contributed by atoms with E-state index < -0.39 is 12.1 Å². The number of alkyl halides is 3. The van der Waals surface area contributed by atoms with Crippen molar-refractivity contribution in [3.63, 3.8) is 0 Å². The molecule has 1 aliphatic rings. The van der Waals surface area contributed by atoms with Gasteiger partial charge in [0.25, 0.3) is 11.1 Å². The molecular weight excluding hydrogens is 457 g/mol. The summed E-state index contributed by atoms with van der Waals surface area (Å²) in [4.78, 5) is 22.9. The molecule has 0 aliphatic heterocycles. The highest BCUT2D eigenvalue weighted by Gasteiger charge is 2.39. The van der Waals surface area contributed by atoms with Crippen molar-refractivity contribution in [2.45, 2.75) is 25.4 Å². The van der Waals surface area contributed by atoms with Gasteiger partial charge in [0.15, 0.2) is 5.15 Å². The van der Waals surface area contributed by atoms with Crippen LogP contribution in [-0.2, 0) is 0 Å². The standard InChI is InChI=1S/C15H13F3N2O.C8H5ClN2O/c16-15(17,18)10-7-5-9(6-8-10)13-11-3-1-2-4-12(11)14(21)20-19-13;9-7-5-3-1-2-4-6(5)8(12)11-10-7/h1-5,10H,6-8H2,(H,20,21);1-4H,(H,11,12). The number of benzene rings is 2. The lowest BCUT2D eigenvalue weighted by Crippen LogP contribution is -2.24. The Labute approximate surface area is 190 Å². The van der Waals surface area contributed by atoms with Gasteiger partial charge in [-0.25, -0.2) is 10.2 Å². The molecule has 1 aliphatic carbocycles. The van der Waals surface area contributed by atoms with Crippen molar-refractivity contribution in [1.82, 2.24) is 20.4 Å². The van der Waals surface area contributed by atoms with Gasteiger partial charge in [0.1, 0.15) is 0 Å². The minimum absolute atomic E-state index is 0.0338. The summed E-state index contributed by atoms with van der Waals surface area (Å²) >= 11 is 5.75. The molecule has 2 heterocycles. The average molecular weight is 475 g/mol. The Balaban J connectivity index is 0.000000183. The average Bonchev–Trinajstić information content (AvgIpc) is 2.82. The monoisotopic (exact) mass is 474 g/mol. The Bertz CT molecular complexity index is 1460. The number of fused-ring (bicyclic) bond motifs is 2. The van der Waals surface area contributed by atoms with Crippen LogP contribution < -0.4 is 11.1 Å². The van der Waals surface area contributed by atoms with Gasteiger partial charge in [0.05, 0.1) is 22.4 Å². The molecule has 0 fully saturated rings. The van der Waals surface area contributed by atoms with Gasteiger partial charge >= 0.3 is 6.18 Å². The maximum atomic E-state index is 12.7. The second-order valence-electron chi connectivity index (χ2n) is 7.58. The lowest BCUT2D eigenvalue weighted by Gasteiger charge is -2.24. The number of nitrogens with one attached hydrogen (secondary N) is 2. The van der Waals surface area contributed by atoms with Crippen molar-refractivity contribution in [3.8, 4) is 0 Å². The summed E-state index contributed by atoms with van der Waals surface area (Å²) in [5.74, 6) is -1.28.